The molecule has 23 heavy (non-hydrogen) atoms. The number of methoxy groups -OCH3 is 2. The number of hydrogen-bond donors (Lipinski definition) is 1. The van der Waals surface area contributed by atoms with Gasteiger partial charge < -0.3 is 19.2 Å². The number of carbonyl (C=O) groups is 1. The molecule has 0 atom stereocenters. The van der Waals surface area contributed by atoms with Gasteiger partial charge in [-0.1, -0.05) is 13.8 Å². The van der Waals surface area contributed by atoms with Gasteiger partial charge in [0.1, 0.15) is 11.5 Å². The largest absolute Gasteiger partial charge is 0.497 e. The van der Waals surface area contributed by atoms with Crippen LogP contribution >= 0.6 is 0 Å². The summed E-state index contributed by atoms with van der Waals surface area (Å²) in [5.41, 5.74) is 1.63. The molecule has 0 radical (unpaired) electrons. The second-order valence-electron chi connectivity index (χ2n) is 5.41. The second-order valence-corrected chi connectivity index (χ2v) is 5.41. The van der Waals surface area contributed by atoms with E-state index in [1.807, 2.05) is 32.0 Å². The Morgan fingerprint density at radius 3 is 2.74 bits per heavy atom. The first-order chi connectivity index (χ1) is 11.1. The fourth-order valence-electron chi connectivity index (χ4n) is 2.30. The van der Waals surface area contributed by atoms with Crippen LogP contribution in [0.3, 0.4) is 0 Å². The molecule has 0 fully saturated rings. The molecule has 0 aliphatic heterocycles. The molecule has 1 amide bonds. The predicted octanol–water partition coefficient (Wildman–Crippen LogP) is 2.79. The summed E-state index contributed by atoms with van der Waals surface area (Å²) in [4.78, 5) is 16.3. The third-order valence-electron chi connectivity index (χ3n) is 3.52. The Kier molecular flexibility index (Phi) is 5.62. The van der Waals surface area contributed by atoms with Gasteiger partial charge >= 0.3 is 0 Å². The van der Waals surface area contributed by atoms with Crippen LogP contribution in [0.25, 0.3) is 0 Å². The fraction of sp³-hybridized carbons (Fsp3) is 0.412. The van der Waals surface area contributed by atoms with Crippen LogP contribution in [-0.2, 0) is 6.42 Å². The highest BCUT2D eigenvalue weighted by atomic mass is 16.5. The van der Waals surface area contributed by atoms with Crippen molar-refractivity contribution in [1.29, 1.82) is 0 Å². The molecule has 1 aromatic carbocycles. The Bertz CT molecular complexity index is 664. The van der Waals surface area contributed by atoms with Gasteiger partial charge in [-0.3, -0.25) is 4.79 Å². The van der Waals surface area contributed by atoms with Crippen LogP contribution in [0.2, 0.25) is 0 Å². The van der Waals surface area contributed by atoms with Crippen LogP contribution in [0.4, 0.5) is 0 Å². The second kappa shape index (κ2) is 7.67. The molecule has 0 aliphatic rings. The van der Waals surface area contributed by atoms with Crippen LogP contribution in [0.5, 0.6) is 11.5 Å². The fourth-order valence-corrected chi connectivity index (χ4v) is 2.30. The number of oxazole rings is 1. The molecule has 2 aromatic rings. The highest BCUT2D eigenvalue weighted by Gasteiger charge is 2.19. The molecule has 0 saturated carbocycles. The van der Waals surface area contributed by atoms with Crippen molar-refractivity contribution in [2.75, 3.05) is 20.8 Å². The minimum atomic E-state index is -0.256. The maximum absolute atomic E-state index is 12.2. The number of aromatic nitrogens is 1. The predicted molar refractivity (Wildman–Crippen MR) is 86.2 cm³/mol. The summed E-state index contributed by atoms with van der Waals surface area (Å²) in [6, 6.07) is 5.59. The monoisotopic (exact) mass is 318 g/mol. The van der Waals surface area contributed by atoms with Crippen molar-refractivity contribution < 1.29 is 18.7 Å². The molecular formula is C17H22N2O4. The van der Waals surface area contributed by atoms with E-state index in [-0.39, 0.29) is 17.6 Å². The van der Waals surface area contributed by atoms with E-state index >= 15 is 0 Å². The van der Waals surface area contributed by atoms with E-state index in [0.29, 0.717) is 18.7 Å². The Morgan fingerprint density at radius 1 is 1.30 bits per heavy atom. The highest BCUT2D eigenvalue weighted by Crippen LogP contribution is 2.24. The molecule has 0 unspecified atom stereocenters. The van der Waals surface area contributed by atoms with Crippen molar-refractivity contribution in [2.45, 2.75) is 26.2 Å². The van der Waals surface area contributed by atoms with Crippen LogP contribution in [-0.4, -0.2) is 31.7 Å². The lowest BCUT2D eigenvalue weighted by Crippen LogP contribution is -2.26. The van der Waals surface area contributed by atoms with Gasteiger partial charge in [0.2, 0.25) is 5.76 Å². The number of ether oxygens (including phenoxy) is 2. The minimum absolute atomic E-state index is 0.132. The zero-order chi connectivity index (χ0) is 16.8. The molecule has 1 aromatic heterocycles. The Hall–Kier alpha value is -2.50. The zero-order valence-corrected chi connectivity index (χ0v) is 13.9. The summed E-state index contributed by atoms with van der Waals surface area (Å²) in [6.45, 7) is 4.39. The first-order valence-corrected chi connectivity index (χ1v) is 7.49. The van der Waals surface area contributed by atoms with Crippen molar-refractivity contribution in [3.05, 3.63) is 41.6 Å². The number of nitrogens with one attached hydrogen (secondary N) is 1. The standard InChI is InChI=1S/C17H22N2O4/c1-11(2)15-16(23-10-19-15)17(20)18-8-7-12-9-13(21-3)5-6-14(12)22-4/h5-6,9-11H,7-8H2,1-4H3,(H,18,20). The molecule has 2 rings (SSSR count). The van der Waals surface area contributed by atoms with Crippen LogP contribution < -0.4 is 14.8 Å². The third-order valence-corrected chi connectivity index (χ3v) is 3.52. The first-order valence-electron chi connectivity index (χ1n) is 7.49. The van der Waals surface area contributed by atoms with Gasteiger partial charge in [-0.2, -0.15) is 0 Å². The number of carbonyl (C=O) groups excluding carboxylic acids is 1. The normalized spacial score (nSPS) is 10.7. The molecule has 0 aliphatic carbocycles. The van der Waals surface area contributed by atoms with Crippen molar-refractivity contribution in [3.63, 3.8) is 0 Å². The lowest BCUT2D eigenvalue weighted by molar-refractivity contribution is 0.0924. The van der Waals surface area contributed by atoms with E-state index in [9.17, 15) is 4.79 Å². The van der Waals surface area contributed by atoms with E-state index in [4.69, 9.17) is 13.9 Å². The average molecular weight is 318 g/mol. The van der Waals surface area contributed by atoms with Crippen molar-refractivity contribution in [1.82, 2.24) is 10.3 Å². The average Bonchev–Trinajstić information content (AvgIpc) is 3.04. The van der Waals surface area contributed by atoms with E-state index in [1.165, 1.54) is 6.39 Å². The van der Waals surface area contributed by atoms with Crippen molar-refractivity contribution in [2.24, 2.45) is 0 Å². The lowest BCUT2D eigenvalue weighted by Gasteiger charge is -2.11. The molecule has 0 bridgehead atoms. The smallest absolute Gasteiger partial charge is 0.289 e. The number of benzene rings is 1. The summed E-state index contributed by atoms with van der Waals surface area (Å²) in [6.07, 6.45) is 1.92. The Labute approximate surface area is 135 Å². The van der Waals surface area contributed by atoms with E-state index < -0.39 is 0 Å². The maximum atomic E-state index is 12.2. The quantitative estimate of drug-likeness (QED) is 0.850. The number of nitrogens with zero attached hydrogens (tertiary/aromatic N) is 1. The molecule has 1 N–H and O–H groups in total. The summed E-state index contributed by atoms with van der Waals surface area (Å²) in [5.74, 6) is 1.67. The summed E-state index contributed by atoms with van der Waals surface area (Å²) in [7, 11) is 3.23. The van der Waals surface area contributed by atoms with Crippen molar-refractivity contribution in [3.8, 4) is 11.5 Å². The summed E-state index contributed by atoms with van der Waals surface area (Å²) in [5, 5.41) is 2.85. The third kappa shape index (κ3) is 4.03. The van der Waals surface area contributed by atoms with Crippen LogP contribution in [0.15, 0.2) is 29.0 Å². The van der Waals surface area contributed by atoms with E-state index in [2.05, 4.69) is 10.3 Å². The maximum Gasteiger partial charge on any atom is 0.289 e. The molecule has 6 nitrogen and oxygen atoms in total. The van der Waals surface area contributed by atoms with E-state index in [1.54, 1.807) is 14.2 Å². The van der Waals surface area contributed by atoms with Gasteiger partial charge in [0.15, 0.2) is 6.39 Å². The number of hydrogen-bond acceptors (Lipinski definition) is 5. The zero-order valence-electron chi connectivity index (χ0n) is 13.9. The summed E-state index contributed by atoms with van der Waals surface area (Å²) >= 11 is 0. The van der Waals surface area contributed by atoms with Crippen molar-refractivity contribution >= 4 is 5.91 Å². The number of amides is 1. The molecule has 6 heteroatoms. The van der Waals surface area contributed by atoms with Gasteiger partial charge in [0.05, 0.1) is 19.9 Å². The molecule has 124 valence electrons. The number of rotatable bonds is 7. The van der Waals surface area contributed by atoms with Gasteiger partial charge in [-0.15, -0.1) is 0 Å². The first kappa shape index (κ1) is 16.9. The van der Waals surface area contributed by atoms with Gasteiger partial charge in [0, 0.05) is 6.54 Å². The lowest BCUT2D eigenvalue weighted by atomic mass is 10.1. The SMILES string of the molecule is COc1ccc(OC)c(CCNC(=O)c2ocnc2C(C)C)c1. The van der Waals surface area contributed by atoms with Crippen LogP contribution in [0.1, 0.15) is 41.6 Å². The molecule has 0 saturated heterocycles. The Balaban J connectivity index is 1.99. The molecule has 0 spiro atoms. The van der Waals surface area contributed by atoms with Gasteiger partial charge in [-0.25, -0.2) is 4.98 Å². The van der Waals surface area contributed by atoms with E-state index in [0.717, 1.165) is 17.1 Å². The highest BCUT2D eigenvalue weighted by molar-refractivity contribution is 5.92. The molecular weight excluding hydrogens is 296 g/mol. The topological polar surface area (TPSA) is 73.6 Å². The summed E-state index contributed by atoms with van der Waals surface area (Å²) < 4.78 is 15.7. The molecule has 1 heterocycles. The Morgan fingerprint density at radius 2 is 2.09 bits per heavy atom. The van der Waals surface area contributed by atoms with Gasteiger partial charge in [0.25, 0.3) is 5.91 Å². The van der Waals surface area contributed by atoms with Gasteiger partial charge in [-0.05, 0) is 36.1 Å². The van der Waals surface area contributed by atoms with Crippen LogP contribution in [0, 0.1) is 0 Å². The minimum Gasteiger partial charge on any atom is -0.497 e.